The van der Waals surface area contributed by atoms with E-state index < -0.39 is 0 Å². The number of aryl methyl sites for hydroxylation is 1. The van der Waals surface area contributed by atoms with E-state index in [-0.39, 0.29) is 5.91 Å². The highest BCUT2D eigenvalue weighted by Gasteiger charge is 2.19. The summed E-state index contributed by atoms with van der Waals surface area (Å²) in [5.41, 5.74) is 1.67. The van der Waals surface area contributed by atoms with Crippen LogP contribution >= 0.6 is 15.9 Å². The molecule has 0 aliphatic heterocycles. The first-order valence-corrected chi connectivity index (χ1v) is 7.40. The molecule has 4 heteroatoms. The number of amides is 1. The van der Waals surface area contributed by atoms with Crippen LogP contribution < -0.4 is 5.32 Å². The van der Waals surface area contributed by atoms with Gasteiger partial charge in [-0.25, -0.2) is 0 Å². The maximum atomic E-state index is 11.9. The smallest absolute Gasteiger partial charge is 0.252 e. The van der Waals surface area contributed by atoms with Gasteiger partial charge in [0.25, 0.3) is 5.91 Å². The molecule has 3 nitrogen and oxygen atoms in total. The minimum atomic E-state index is -0.00725. The normalized spacial score (nSPS) is 23.7. The number of aromatic nitrogens is 1. The number of pyridine rings is 1. The number of hydrogen-bond donors (Lipinski definition) is 1. The molecule has 0 bridgehead atoms. The Balaban J connectivity index is 1.81. The summed E-state index contributed by atoms with van der Waals surface area (Å²) >= 11 is 3.64. The Bertz CT molecular complexity index is 414. The molecule has 0 radical (unpaired) electrons. The zero-order chi connectivity index (χ0) is 13.0. The van der Waals surface area contributed by atoms with Crippen LogP contribution in [0.4, 0.5) is 0 Å². The van der Waals surface area contributed by atoms with Crippen LogP contribution in [0.25, 0.3) is 0 Å². The van der Waals surface area contributed by atoms with Crippen LogP contribution in [0.1, 0.15) is 41.6 Å². The van der Waals surface area contributed by atoms with Crippen molar-refractivity contribution >= 4 is 21.8 Å². The fourth-order valence-electron chi connectivity index (χ4n) is 2.34. The van der Waals surface area contributed by atoms with Crippen molar-refractivity contribution in [1.82, 2.24) is 10.3 Å². The van der Waals surface area contributed by atoms with Crippen LogP contribution in [0.3, 0.4) is 0 Å². The molecule has 0 unspecified atom stereocenters. The van der Waals surface area contributed by atoms with Gasteiger partial charge < -0.3 is 5.32 Å². The van der Waals surface area contributed by atoms with Gasteiger partial charge in [-0.05, 0) is 50.2 Å². The van der Waals surface area contributed by atoms with Crippen molar-refractivity contribution in [2.75, 3.05) is 6.54 Å². The Morgan fingerprint density at radius 2 is 2.11 bits per heavy atom. The lowest BCUT2D eigenvalue weighted by Gasteiger charge is -2.25. The van der Waals surface area contributed by atoms with Crippen molar-refractivity contribution in [3.05, 3.63) is 29.6 Å². The highest BCUT2D eigenvalue weighted by molar-refractivity contribution is 9.09. The quantitative estimate of drug-likeness (QED) is 0.872. The summed E-state index contributed by atoms with van der Waals surface area (Å²) in [6.45, 7) is 2.73. The Kier molecular flexibility index (Phi) is 4.75. The molecule has 0 spiro atoms. The zero-order valence-electron chi connectivity index (χ0n) is 10.7. The lowest BCUT2D eigenvalue weighted by atomic mass is 9.89. The van der Waals surface area contributed by atoms with E-state index in [4.69, 9.17) is 0 Å². The molecule has 1 aromatic heterocycles. The third-order valence-corrected chi connectivity index (χ3v) is 4.38. The second-order valence-electron chi connectivity index (χ2n) is 5.08. The fraction of sp³-hybridized carbons (Fsp3) is 0.571. The first-order chi connectivity index (χ1) is 8.65. The van der Waals surface area contributed by atoms with Crippen LogP contribution in [0.15, 0.2) is 18.5 Å². The molecule has 1 amide bonds. The molecular weight excluding hydrogens is 292 g/mol. The minimum Gasteiger partial charge on any atom is -0.352 e. The van der Waals surface area contributed by atoms with E-state index in [1.807, 2.05) is 13.0 Å². The Morgan fingerprint density at radius 1 is 1.39 bits per heavy atom. The number of nitrogens with zero attached hydrogens (tertiary/aromatic N) is 1. The molecule has 0 atom stereocenters. The van der Waals surface area contributed by atoms with Crippen molar-refractivity contribution in [1.29, 1.82) is 0 Å². The van der Waals surface area contributed by atoms with Crippen molar-refractivity contribution < 1.29 is 4.79 Å². The second-order valence-corrected chi connectivity index (χ2v) is 6.37. The molecule has 1 N–H and O–H groups in total. The Hall–Kier alpha value is -0.900. The molecule has 0 aromatic carbocycles. The summed E-state index contributed by atoms with van der Waals surface area (Å²) in [4.78, 5) is 16.7. The molecule has 1 fully saturated rings. The first kappa shape index (κ1) is 13.5. The van der Waals surface area contributed by atoms with Crippen molar-refractivity contribution in [3.8, 4) is 0 Å². The molecule has 1 saturated carbocycles. The summed E-state index contributed by atoms with van der Waals surface area (Å²) in [7, 11) is 0. The van der Waals surface area contributed by atoms with Gasteiger partial charge in [-0.2, -0.15) is 0 Å². The van der Waals surface area contributed by atoms with Crippen LogP contribution in [-0.2, 0) is 0 Å². The van der Waals surface area contributed by atoms with Crippen LogP contribution in [0.5, 0.6) is 0 Å². The molecule has 1 aliphatic rings. The number of nitrogens with one attached hydrogen (secondary N) is 1. The van der Waals surface area contributed by atoms with Gasteiger partial charge >= 0.3 is 0 Å². The van der Waals surface area contributed by atoms with Crippen LogP contribution in [0, 0.1) is 12.8 Å². The number of carbonyl (C=O) groups excluding carboxylic acids is 1. The average molecular weight is 311 g/mol. The third-order valence-electron chi connectivity index (χ3n) is 3.46. The molecule has 2 rings (SSSR count). The molecule has 98 valence electrons. The van der Waals surface area contributed by atoms with E-state index in [0.717, 1.165) is 12.1 Å². The van der Waals surface area contributed by atoms with Crippen LogP contribution in [-0.4, -0.2) is 22.3 Å². The lowest BCUT2D eigenvalue weighted by Crippen LogP contribution is -2.31. The van der Waals surface area contributed by atoms with Gasteiger partial charge in [-0.1, -0.05) is 15.9 Å². The van der Waals surface area contributed by atoms with Crippen LogP contribution in [0.2, 0.25) is 0 Å². The summed E-state index contributed by atoms with van der Waals surface area (Å²) in [6, 6.07) is 1.87. The standard InChI is InChI=1S/C14H19BrN2O/c1-10-6-12(9-16-7-10)14(18)17-8-11-2-4-13(15)5-3-11/h6-7,9,11,13H,2-5,8H2,1H3,(H,17,18). The summed E-state index contributed by atoms with van der Waals surface area (Å²) < 4.78 is 0. The van der Waals surface area contributed by atoms with E-state index in [0.29, 0.717) is 16.3 Å². The molecule has 1 aromatic rings. The fourth-order valence-corrected chi connectivity index (χ4v) is 2.87. The maximum absolute atomic E-state index is 11.9. The van der Waals surface area contributed by atoms with E-state index in [9.17, 15) is 4.79 Å². The first-order valence-electron chi connectivity index (χ1n) is 6.49. The Morgan fingerprint density at radius 3 is 2.78 bits per heavy atom. The average Bonchev–Trinajstić information content (AvgIpc) is 2.38. The predicted molar refractivity (Wildman–Crippen MR) is 76.0 cm³/mol. The topological polar surface area (TPSA) is 42.0 Å². The maximum Gasteiger partial charge on any atom is 0.252 e. The monoisotopic (exact) mass is 310 g/mol. The van der Waals surface area contributed by atoms with Gasteiger partial charge in [0.2, 0.25) is 0 Å². The number of rotatable bonds is 3. The lowest BCUT2D eigenvalue weighted by molar-refractivity contribution is 0.0943. The van der Waals surface area contributed by atoms with E-state index in [1.165, 1.54) is 25.7 Å². The van der Waals surface area contributed by atoms with E-state index >= 15 is 0 Å². The van der Waals surface area contributed by atoms with Gasteiger partial charge in [0.15, 0.2) is 0 Å². The zero-order valence-corrected chi connectivity index (χ0v) is 12.2. The van der Waals surface area contributed by atoms with Crippen molar-refractivity contribution in [2.45, 2.75) is 37.4 Å². The minimum absolute atomic E-state index is 0.00725. The molecule has 18 heavy (non-hydrogen) atoms. The van der Waals surface area contributed by atoms with Gasteiger partial charge in [0.05, 0.1) is 5.56 Å². The number of alkyl halides is 1. The molecule has 0 saturated heterocycles. The van der Waals surface area contributed by atoms with Crippen molar-refractivity contribution in [2.24, 2.45) is 5.92 Å². The molecular formula is C14H19BrN2O. The summed E-state index contributed by atoms with van der Waals surface area (Å²) in [6.07, 6.45) is 8.20. The van der Waals surface area contributed by atoms with Gasteiger partial charge in [-0.15, -0.1) is 0 Å². The largest absolute Gasteiger partial charge is 0.352 e. The van der Waals surface area contributed by atoms with Crippen molar-refractivity contribution in [3.63, 3.8) is 0 Å². The predicted octanol–water partition coefficient (Wildman–Crippen LogP) is 3.07. The second kappa shape index (κ2) is 6.32. The van der Waals surface area contributed by atoms with E-state index in [1.54, 1.807) is 12.4 Å². The number of halogens is 1. The summed E-state index contributed by atoms with van der Waals surface area (Å²) in [5, 5.41) is 3.02. The van der Waals surface area contributed by atoms with Gasteiger partial charge in [-0.3, -0.25) is 9.78 Å². The molecule has 1 heterocycles. The third kappa shape index (κ3) is 3.80. The highest BCUT2D eigenvalue weighted by atomic mass is 79.9. The van der Waals surface area contributed by atoms with Gasteiger partial charge in [0.1, 0.15) is 0 Å². The summed E-state index contributed by atoms with van der Waals surface area (Å²) in [5.74, 6) is 0.618. The Labute approximate surface area is 117 Å². The number of carbonyl (C=O) groups is 1. The van der Waals surface area contributed by atoms with Gasteiger partial charge in [0, 0.05) is 23.8 Å². The van der Waals surface area contributed by atoms with E-state index in [2.05, 4.69) is 26.2 Å². The number of hydrogen-bond acceptors (Lipinski definition) is 2. The molecule has 1 aliphatic carbocycles. The highest BCUT2D eigenvalue weighted by Crippen LogP contribution is 2.28. The SMILES string of the molecule is Cc1cncc(C(=O)NCC2CCC(Br)CC2)c1.